The van der Waals surface area contributed by atoms with Gasteiger partial charge in [0, 0.05) is 32.2 Å². The summed E-state index contributed by atoms with van der Waals surface area (Å²) in [5, 5.41) is 3.34. The van der Waals surface area contributed by atoms with Crippen molar-refractivity contribution in [1.29, 1.82) is 0 Å². The Bertz CT molecular complexity index is 1100. The Kier molecular flexibility index (Phi) is 10.5. The van der Waals surface area contributed by atoms with Crippen LogP contribution in [0.25, 0.3) is 0 Å². The summed E-state index contributed by atoms with van der Waals surface area (Å²) < 4.78 is 41.4. The van der Waals surface area contributed by atoms with Crippen LogP contribution in [0.2, 0.25) is 5.02 Å². The molecule has 2 aromatic carbocycles. The first-order valence-corrected chi connectivity index (χ1v) is 13.0. The van der Waals surface area contributed by atoms with E-state index in [1.165, 1.54) is 31.1 Å². The summed E-state index contributed by atoms with van der Waals surface area (Å²) in [6.45, 7) is 3.56. The van der Waals surface area contributed by atoms with Gasteiger partial charge in [-0.05, 0) is 55.3 Å². The van der Waals surface area contributed by atoms with Crippen molar-refractivity contribution in [2.45, 2.75) is 39.3 Å². The number of rotatable bonds is 12. The predicted molar refractivity (Wildman–Crippen MR) is 136 cm³/mol. The number of hydrogen-bond donors (Lipinski definition) is 1. The van der Waals surface area contributed by atoms with Crippen molar-refractivity contribution >= 4 is 39.3 Å². The van der Waals surface area contributed by atoms with Gasteiger partial charge in [0.2, 0.25) is 11.8 Å². The molecule has 2 rings (SSSR count). The molecule has 0 fully saturated rings. The molecular formula is C24H32ClFN4O4S. The second-order valence-electron chi connectivity index (χ2n) is 8.24. The third-order valence-electron chi connectivity index (χ3n) is 5.40. The molecule has 0 saturated heterocycles. The Morgan fingerprint density at radius 1 is 1.06 bits per heavy atom. The van der Waals surface area contributed by atoms with E-state index < -0.39 is 34.5 Å². The van der Waals surface area contributed by atoms with E-state index in [1.54, 1.807) is 31.2 Å². The topological polar surface area (TPSA) is 90.0 Å². The fraction of sp³-hybridized carbons (Fsp3) is 0.417. The molecule has 0 heterocycles. The lowest BCUT2D eigenvalue weighted by molar-refractivity contribution is -0.139. The minimum atomic E-state index is -4.10. The van der Waals surface area contributed by atoms with Crippen LogP contribution in [0.5, 0.6) is 0 Å². The van der Waals surface area contributed by atoms with E-state index in [9.17, 15) is 22.4 Å². The zero-order valence-corrected chi connectivity index (χ0v) is 21.9. The maximum absolute atomic E-state index is 13.5. The van der Waals surface area contributed by atoms with Crippen LogP contribution in [0.4, 0.5) is 10.1 Å². The van der Waals surface area contributed by atoms with Crippen molar-refractivity contribution in [1.82, 2.24) is 14.5 Å². The molecule has 0 aliphatic carbocycles. The van der Waals surface area contributed by atoms with E-state index in [4.69, 9.17) is 11.6 Å². The van der Waals surface area contributed by atoms with Crippen molar-refractivity contribution in [2.24, 2.45) is 0 Å². The van der Waals surface area contributed by atoms with Crippen LogP contribution in [-0.2, 0) is 26.3 Å². The molecule has 35 heavy (non-hydrogen) atoms. The van der Waals surface area contributed by atoms with Gasteiger partial charge in [0.15, 0.2) is 0 Å². The maximum atomic E-state index is 13.5. The number of amides is 2. The lowest BCUT2D eigenvalue weighted by Gasteiger charge is -2.32. The van der Waals surface area contributed by atoms with Crippen molar-refractivity contribution < 1.29 is 22.4 Å². The molecular weight excluding hydrogens is 495 g/mol. The van der Waals surface area contributed by atoms with E-state index in [1.807, 2.05) is 6.92 Å². The quantitative estimate of drug-likeness (QED) is 0.429. The zero-order chi connectivity index (χ0) is 26.2. The van der Waals surface area contributed by atoms with E-state index in [2.05, 4.69) is 5.32 Å². The molecule has 8 nitrogen and oxygen atoms in total. The lowest BCUT2D eigenvalue weighted by Crippen LogP contribution is -2.52. The largest absolute Gasteiger partial charge is 0.354 e. The van der Waals surface area contributed by atoms with Gasteiger partial charge in [0.1, 0.15) is 18.4 Å². The average molecular weight is 527 g/mol. The van der Waals surface area contributed by atoms with Gasteiger partial charge in [-0.2, -0.15) is 12.7 Å². The molecule has 0 aromatic heterocycles. The Morgan fingerprint density at radius 3 is 2.20 bits per heavy atom. The second-order valence-corrected chi connectivity index (χ2v) is 10.7. The third-order valence-corrected chi connectivity index (χ3v) is 7.47. The fourth-order valence-corrected chi connectivity index (χ4v) is 4.41. The predicted octanol–water partition coefficient (Wildman–Crippen LogP) is 3.43. The molecule has 0 aliphatic heterocycles. The van der Waals surface area contributed by atoms with Gasteiger partial charge in [-0.3, -0.25) is 9.59 Å². The Balaban J connectivity index is 2.39. The number of nitrogens with zero attached hydrogens (tertiary/aromatic N) is 3. The van der Waals surface area contributed by atoms with Crippen LogP contribution in [0.15, 0.2) is 48.5 Å². The number of carbonyl (C=O) groups is 2. The first-order valence-electron chi connectivity index (χ1n) is 11.2. The normalized spacial score (nSPS) is 12.3. The highest BCUT2D eigenvalue weighted by Crippen LogP contribution is 2.21. The van der Waals surface area contributed by atoms with E-state index in [-0.39, 0.29) is 18.1 Å². The standard InChI is InChI=1S/C24H32ClFN4O4S/c1-5-6-15-27-24(32)18(2)29(16-19-7-9-20(25)10-8-19)23(31)17-30(35(33,34)28(3)4)22-13-11-21(26)12-14-22/h7-14,18H,5-6,15-17H2,1-4H3,(H,27,32)/t18-/m0/s1. The minimum Gasteiger partial charge on any atom is -0.354 e. The molecule has 0 spiro atoms. The van der Waals surface area contributed by atoms with Crippen molar-refractivity contribution in [3.8, 4) is 0 Å². The smallest absolute Gasteiger partial charge is 0.304 e. The molecule has 0 unspecified atom stereocenters. The molecule has 0 saturated carbocycles. The van der Waals surface area contributed by atoms with Gasteiger partial charge in [-0.15, -0.1) is 0 Å². The summed E-state index contributed by atoms with van der Waals surface area (Å²) in [6.07, 6.45) is 1.69. The summed E-state index contributed by atoms with van der Waals surface area (Å²) in [6, 6.07) is 10.8. The number of hydrogen-bond acceptors (Lipinski definition) is 4. The number of unbranched alkanes of at least 4 members (excludes halogenated alkanes) is 1. The molecule has 11 heteroatoms. The van der Waals surface area contributed by atoms with Crippen LogP contribution >= 0.6 is 11.6 Å². The first-order chi connectivity index (χ1) is 16.5. The van der Waals surface area contributed by atoms with E-state index >= 15 is 0 Å². The number of benzene rings is 2. The van der Waals surface area contributed by atoms with Gasteiger partial charge >= 0.3 is 10.2 Å². The fourth-order valence-electron chi connectivity index (χ4n) is 3.23. The number of carbonyl (C=O) groups excluding carboxylic acids is 2. The molecule has 0 bridgehead atoms. The zero-order valence-electron chi connectivity index (χ0n) is 20.4. The summed E-state index contributed by atoms with van der Waals surface area (Å²) in [7, 11) is -1.42. The second kappa shape index (κ2) is 12.9. The third kappa shape index (κ3) is 7.91. The van der Waals surface area contributed by atoms with Crippen LogP contribution in [0.3, 0.4) is 0 Å². The Hall–Kier alpha value is -2.69. The van der Waals surface area contributed by atoms with Gasteiger partial charge in [0.05, 0.1) is 5.69 Å². The summed E-state index contributed by atoms with van der Waals surface area (Å²) in [5.41, 5.74) is 0.847. The highest BCUT2D eigenvalue weighted by Gasteiger charge is 2.32. The van der Waals surface area contributed by atoms with Crippen LogP contribution in [0.1, 0.15) is 32.3 Å². The van der Waals surface area contributed by atoms with Crippen LogP contribution in [0, 0.1) is 5.82 Å². The minimum absolute atomic E-state index is 0.0671. The highest BCUT2D eigenvalue weighted by atomic mass is 35.5. The first kappa shape index (κ1) is 28.5. The van der Waals surface area contributed by atoms with Crippen molar-refractivity contribution in [3.63, 3.8) is 0 Å². The number of halogens is 2. The van der Waals surface area contributed by atoms with Gasteiger partial charge < -0.3 is 10.2 Å². The molecule has 1 N–H and O–H groups in total. The molecule has 1 atom stereocenters. The Morgan fingerprint density at radius 2 is 1.66 bits per heavy atom. The van der Waals surface area contributed by atoms with E-state index in [0.29, 0.717) is 11.6 Å². The monoisotopic (exact) mass is 526 g/mol. The molecule has 2 amide bonds. The Labute approximate surface area is 211 Å². The van der Waals surface area contributed by atoms with Crippen molar-refractivity contribution in [3.05, 3.63) is 64.9 Å². The number of nitrogens with one attached hydrogen (secondary N) is 1. The summed E-state index contributed by atoms with van der Waals surface area (Å²) in [5.74, 6) is -1.47. The van der Waals surface area contributed by atoms with Crippen LogP contribution < -0.4 is 9.62 Å². The molecule has 0 radical (unpaired) electrons. The summed E-state index contributed by atoms with van der Waals surface area (Å²) >= 11 is 5.97. The summed E-state index contributed by atoms with van der Waals surface area (Å²) in [4.78, 5) is 27.7. The maximum Gasteiger partial charge on any atom is 0.304 e. The molecule has 0 aliphatic rings. The van der Waals surface area contributed by atoms with E-state index in [0.717, 1.165) is 39.1 Å². The highest BCUT2D eigenvalue weighted by molar-refractivity contribution is 7.90. The van der Waals surface area contributed by atoms with Crippen molar-refractivity contribution in [2.75, 3.05) is 31.5 Å². The van der Waals surface area contributed by atoms with Gasteiger partial charge in [-0.1, -0.05) is 37.1 Å². The number of anilines is 1. The van der Waals surface area contributed by atoms with Crippen LogP contribution in [-0.4, -0.2) is 62.7 Å². The lowest BCUT2D eigenvalue weighted by atomic mass is 10.1. The SMILES string of the molecule is CCCCNC(=O)[C@H](C)N(Cc1ccc(Cl)cc1)C(=O)CN(c1ccc(F)cc1)S(=O)(=O)N(C)C. The molecule has 192 valence electrons. The molecule has 2 aromatic rings. The average Bonchev–Trinajstić information content (AvgIpc) is 2.82. The van der Waals surface area contributed by atoms with Gasteiger partial charge in [-0.25, -0.2) is 8.70 Å². The van der Waals surface area contributed by atoms with Gasteiger partial charge in [0.25, 0.3) is 0 Å².